The van der Waals surface area contributed by atoms with Crippen LogP contribution in [0.4, 0.5) is 16.6 Å². The van der Waals surface area contributed by atoms with Crippen LogP contribution in [0.5, 0.6) is 0 Å². The number of anilines is 3. The summed E-state index contributed by atoms with van der Waals surface area (Å²) in [7, 11) is 0. The Bertz CT molecular complexity index is 756. The van der Waals surface area contributed by atoms with Crippen molar-refractivity contribution < 1.29 is 4.79 Å². The Kier molecular flexibility index (Phi) is 3.61. The number of nitrogens with two attached hydrogens (primary N) is 1. The number of carbonyl (C=O) groups excluding carboxylic acids is 1. The quantitative estimate of drug-likeness (QED) is 0.723. The van der Waals surface area contributed by atoms with Crippen molar-refractivity contribution >= 4 is 33.8 Å². The first-order valence-electron chi connectivity index (χ1n) is 6.28. The van der Waals surface area contributed by atoms with Gasteiger partial charge in [0.1, 0.15) is 16.4 Å². The van der Waals surface area contributed by atoms with E-state index in [4.69, 9.17) is 5.73 Å². The third-order valence-electron chi connectivity index (χ3n) is 2.78. The molecule has 2 heterocycles. The average molecular weight is 296 g/mol. The van der Waals surface area contributed by atoms with Crippen molar-refractivity contribution in [2.45, 2.75) is 0 Å². The smallest absolute Gasteiger partial charge is 0.225 e. The summed E-state index contributed by atoms with van der Waals surface area (Å²) in [4.78, 5) is 21.0. The van der Waals surface area contributed by atoms with Gasteiger partial charge in [0.25, 0.3) is 0 Å². The van der Waals surface area contributed by atoms with Gasteiger partial charge in [0.15, 0.2) is 5.13 Å². The maximum atomic E-state index is 12.3. The van der Waals surface area contributed by atoms with Gasteiger partial charge in [-0.1, -0.05) is 35.6 Å². The Morgan fingerprint density at radius 2 is 1.86 bits per heavy atom. The zero-order valence-corrected chi connectivity index (χ0v) is 11.8. The fourth-order valence-corrected chi connectivity index (χ4v) is 2.66. The van der Waals surface area contributed by atoms with Crippen LogP contribution in [0.25, 0.3) is 0 Å². The minimum Gasteiger partial charge on any atom is -0.382 e. The maximum absolute atomic E-state index is 12.3. The molecular weight excluding hydrogens is 284 g/mol. The first kappa shape index (κ1) is 13.3. The highest BCUT2D eigenvalue weighted by Gasteiger charge is 2.18. The van der Waals surface area contributed by atoms with Crippen molar-refractivity contribution in [2.75, 3.05) is 11.1 Å². The molecule has 0 fully saturated rings. The second-order valence-electron chi connectivity index (χ2n) is 4.27. The van der Waals surface area contributed by atoms with Crippen molar-refractivity contribution in [1.82, 2.24) is 9.97 Å². The first-order valence-corrected chi connectivity index (χ1v) is 7.10. The van der Waals surface area contributed by atoms with Crippen LogP contribution in [0.3, 0.4) is 0 Å². The lowest BCUT2D eigenvalue weighted by Crippen LogP contribution is -2.04. The number of para-hydroxylation sites is 1. The Labute approximate surface area is 125 Å². The van der Waals surface area contributed by atoms with Gasteiger partial charge < -0.3 is 11.1 Å². The van der Waals surface area contributed by atoms with Gasteiger partial charge in [-0.2, -0.15) is 0 Å². The van der Waals surface area contributed by atoms with E-state index in [9.17, 15) is 4.79 Å². The van der Waals surface area contributed by atoms with E-state index in [1.807, 2.05) is 30.3 Å². The van der Waals surface area contributed by atoms with Gasteiger partial charge in [0.05, 0.1) is 0 Å². The van der Waals surface area contributed by atoms with E-state index in [0.29, 0.717) is 15.7 Å². The zero-order valence-electron chi connectivity index (χ0n) is 11.0. The Balaban J connectivity index is 1.86. The molecule has 0 atom stereocenters. The van der Waals surface area contributed by atoms with Crippen LogP contribution >= 0.6 is 11.3 Å². The summed E-state index contributed by atoms with van der Waals surface area (Å²) in [6, 6.07) is 14.8. The summed E-state index contributed by atoms with van der Waals surface area (Å²) in [6.07, 6.45) is 1.58. The molecule has 6 heteroatoms. The number of hydrogen-bond acceptors (Lipinski definition) is 6. The second kappa shape index (κ2) is 5.72. The molecule has 21 heavy (non-hydrogen) atoms. The molecule has 0 unspecified atom stereocenters. The van der Waals surface area contributed by atoms with Gasteiger partial charge in [0, 0.05) is 11.9 Å². The Morgan fingerprint density at radius 1 is 1.10 bits per heavy atom. The normalized spacial score (nSPS) is 10.3. The lowest BCUT2D eigenvalue weighted by atomic mass is 10.2. The number of nitrogen functional groups attached to an aromatic ring is 1. The number of hydrogen-bond donors (Lipinski definition) is 2. The van der Waals surface area contributed by atoms with Gasteiger partial charge in [0.2, 0.25) is 5.78 Å². The fraction of sp³-hybridized carbons (Fsp3) is 0. The first-order chi connectivity index (χ1) is 10.2. The van der Waals surface area contributed by atoms with Crippen LogP contribution in [0.2, 0.25) is 0 Å². The predicted molar refractivity (Wildman–Crippen MR) is 83.9 cm³/mol. The summed E-state index contributed by atoms with van der Waals surface area (Å²) < 4.78 is 0. The van der Waals surface area contributed by atoms with E-state index >= 15 is 0 Å². The molecule has 0 spiro atoms. The third-order valence-corrected chi connectivity index (χ3v) is 3.77. The minimum absolute atomic E-state index is 0.216. The van der Waals surface area contributed by atoms with E-state index < -0.39 is 0 Å². The molecule has 0 bridgehead atoms. The molecule has 3 aromatic rings. The van der Waals surface area contributed by atoms with E-state index in [1.165, 1.54) is 11.3 Å². The van der Waals surface area contributed by atoms with Gasteiger partial charge >= 0.3 is 0 Å². The number of ketones is 1. The van der Waals surface area contributed by atoms with Gasteiger partial charge in [-0.3, -0.25) is 9.78 Å². The molecule has 0 amide bonds. The highest BCUT2D eigenvalue weighted by atomic mass is 32.1. The van der Waals surface area contributed by atoms with Crippen molar-refractivity contribution in [1.29, 1.82) is 0 Å². The van der Waals surface area contributed by atoms with Crippen LogP contribution in [-0.4, -0.2) is 15.8 Å². The van der Waals surface area contributed by atoms with E-state index in [1.54, 1.807) is 24.4 Å². The molecule has 2 aromatic heterocycles. The number of pyridine rings is 1. The minimum atomic E-state index is -0.216. The third kappa shape index (κ3) is 2.90. The largest absolute Gasteiger partial charge is 0.382 e. The molecule has 3 N–H and O–H groups in total. The van der Waals surface area contributed by atoms with Crippen molar-refractivity contribution in [2.24, 2.45) is 0 Å². The molecule has 3 rings (SSSR count). The molecule has 0 aliphatic rings. The lowest BCUT2D eigenvalue weighted by molar-refractivity contribution is 0.103. The number of benzene rings is 1. The van der Waals surface area contributed by atoms with Gasteiger partial charge in [-0.25, -0.2) is 4.98 Å². The number of nitrogens with one attached hydrogen (secondary N) is 1. The summed E-state index contributed by atoms with van der Waals surface area (Å²) in [5.41, 5.74) is 7.10. The topological polar surface area (TPSA) is 80.9 Å². The second-order valence-corrected chi connectivity index (χ2v) is 5.27. The molecule has 0 aliphatic heterocycles. The van der Waals surface area contributed by atoms with Crippen molar-refractivity contribution in [3.63, 3.8) is 0 Å². The van der Waals surface area contributed by atoms with Crippen LogP contribution in [0.15, 0.2) is 54.7 Å². The predicted octanol–water partition coefficient (Wildman–Crippen LogP) is 3.09. The Hall–Kier alpha value is -2.73. The number of thiazole rings is 1. The summed E-state index contributed by atoms with van der Waals surface area (Å²) >= 11 is 1.22. The highest BCUT2D eigenvalue weighted by Crippen LogP contribution is 2.29. The number of carbonyl (C=O) groups is 1. The SMILES string of the molecule is Nc1nc(Nc2ccccc2)sc1C(=O)c1ccccn1. The average Bonchev–Trinajstić information content (AvgIpc) is 2.89. The van der Waals surface area contributed by atoms with E-state index in [2.05, 4.69) is 15.3 Å². The number of aromatic nitrogens is 2. The van der Waals surface area contributed by atoms with Crippen LogP contribution in [0.1, 0.15) is 15.4 Å². The molecule has 0 radical (unpaired) electrons. The number of nitrogens with zero attached hydrogens (tertiary/aromatic N) is 2. The fourth-order valence-electron chi connectivity index (χ4n) is 1.81. The summed E-state index contributed by atoms with van der Waals surface area (Å²) in [5.74, 6) is 0.000737. The van der Waals surface area contributed by atoms with Gasteiger partial charge in [-0.15, -0.1) is 0 Å². The molecule has 5 nitrogen and oxygen atoms in total. The molecule has 1 aromatic carbocycles. The van der Waals surface area contributed by atoms with Crippen LogP contribution in [0, 0.1) is 0 Å². The monoisotopic (exact) mass is 296 g/mol. The molecule has 0 saturated heterocycles. The summed E-state index contributed by atoms with van der Waals surface area (Å²) in [5, 5.41) is 3.71. The molecule has 104 valence electrons. The zero-order chi connectivity index (χ0) is 14.7. The van der Waals surface area contributed by atoms with Gasteiger partial charge in [-0.05, 0) is 24.3 Å². The van der Waals surface area contributed by atoms with Crippen molar-refractivity contribution in [3.05, 3.63) is 65.3 Å². The molecule has 0 saturated carbocycles. The van der Waals surface area contributed by atoms with Crippen molar-refractivity contribution in [3.8, 4) is 0 Å². The summed E-state index contributed by atoms with van der Waals surface area (Å²) in [6.45, 7) is 0. The van der Waals surface area contributed by atoms with E-state index in [0.717, 1.165) is 5.69 Å². The molecular formula is C15H12N4OS. The van der Waals surface area contributed by atoms with Crippen LogP contribution < -0.4 is 11.1 Å². The Morgan fingerprint density at radius 3 is 2.57 bits per heavy atom. The maximum Gasteiger partial charge on any atom is 0.225 e. The van der Waals surface area contributed by atoms with E-state index in [-0.39, 0.29) is 11.6 Å². The standard InChI is InChI=1S/C15H12N4OS/c16-14-13(12(20)11-8-4-5-9-17-11)21-15(19-14)18-10-6-2-1-3-7-10/h1-9H,16H2,(H,18,19). The lowest BCUT2D eigenvalue weighted by Gasteiger charge is -2.00. The molecule has 0 aliphatic carbocycles. The highest BCUT2D eigenvalue weighted by molar-refractivity contribution is 7.18. The number of rotatable bonds is 4. The van der Waals surface area contributed by atoms with Crippen LogP contribution in [-0.2, 0) is 0 Å².